The summed E-state index contributed by atoms with van der Waals surface area (Å²) >= 11 is 0. The Kier molecular flexibility index (Phi) is 13.3. The molecule has 0 spiro atoms. The Morgan fingerprint density at radius 1 is 1.00 bits per heavy atom. The third kappa shape index (κ3) is 5.62. The van der Waals surface area contributed by atoms with Crippen molar-refractivity contribution in [2.75, 3.05) is 0 Å². The summed E-state index contributed by atoms with van der Waals surface area (Å²) < 4.78 is 0. The molecular formula is C12H28. The van der Waals surface area contributed by atoms with Crippen LogP contribution in [-0.2, 0) is 0 Å². The summed E-state index contributed by atoms with van der Waals surface area (Å²) in [7, 11) is 0. The molecule has 0 radical (unpaired) electrons. The van der Waals surface area contributed by atoms with Crippen LogP contribution < -0.4 is 0 Å². The molecule has 1 rings (SSSR count). The number of rotatable bonds is 1. The molecule has 1 fully saturated rings. The fraction of sp³-hybridized carbons (Fsp3) is 1.00. The maximum Gasteiger partial charge on any atom is -0.0391 e. The number of hydrogen-bond acceptors (Lipinski definition) is 0. The van der Waals surface area contributed by atoms with Crippen LogP contribution in [0.2, 0.25) is 0 Å². The fourth-order valence-corrected chi connectivity index (χ4v) is 1.83. The molecule has 0 aliphatic heterocycles. The van der Waals surface area contributed by atoms with Gasteiger partial charge in [0.1, 0.15) is 0 Å². The van der Waals surface area contributed by atoms with Gasteiger partial charge in [-0.1, -0.05) is 67.2 Å². The zero-order valence-electron chi connectivity index (χ0n) is 9.98. The van der Waals surface area contributed by atoms with Crippen LogP contribution in [0.4, 0.5) is 0 Å². The standard InChI is InChI=1S/C8H16.2C2H6/c1-3-8-6-4-5-7(8)2;2*1-2/h7-8H,3-6H2,1-2H3;2*1-2H3. The molecule has 0 nitrogen and oxygen atoms in total. The van der Waals surface area contributed by atoms with Crippen LogP contribution in [0.3, 0.4) is 0 Å². The van der Waals surface area contributed by atoms with Gasteiger partial charge < -0.3 is 0 Å². The molecule has 0 aromatic rings. The van der Waals surface area contributed by atoms with E-state index in [1.165, 1.54) is 25.7 Å². The fourth-order valence-electron chi connectivity index (χ4n) is 1.83. The Hall–Kier alpha value is 0. The highest BCUT2D eigenvalue weighted by molar-refractivity contribution is 4.72. The van der Waals surface area contributed by atoms with Gasteiger partial charge in [-0.25, -0.2) is 0 Å². The Balaban J connectivity index is 0. The van der Waals surface area contributed by atoms with Crippen molar-refractivity contribution in [1.29, 1.82) is 0 Å². The third-order valence-corrected chi connectivity index (χ3v) is 2.56. The van der Waals surface area contributed by atoms with E-state index in [-0.39, 0.29) is 0 Å². The quantitative estimate of drug-likeness (QED) is 0.528. The maximum atomic E-state index is 2.39. The molecule has 12 heavy (non-hydrogen) atoms. The van der Waals surface area contributed by atoms with Crippen LogP contribution in [0.25, 0.3) is 0 Å². The first-order valence-electron chi connectivity index (χ1n) is 5.84. The van der Waals surface area contributed by atoms with Gasteiger partial charge in [0.15, 0.2) is 0 Å². The lowest BCUT2D eigenvalue weighted by Crippen LogP contribution is -2.00. The molecule has 0 aromatic carbocycles. The first kappa shape index (κ1) is 14.5. The van der Waals surface area contributed by atoms with Gasteiger partial charge in [-0.05, 0) is 11.8 Å². The average molecular weight is 172 g/mol. The van der Waals surface area contributed by atoms with E-state index < -0.39 is 0 Å². The molecule has 0 saturated heterocycles. The lowest BCUT2D eigenvalue weighted by Gasteiger charge is -2.10. The molecule has 1 aliphatic carbocycles. The Labute approximate surface area is 79.8 Å². The summed E-state index contributed by atoms with van der Waals surface area (Å²) in [5.41, 5.74) is 0. The molecule has 0 heterocycles. The second-order valence-electron chi connectivity index (χ2n) is 3.08. The van der Waals surface area contributed by atoms with Crippen molar-refractivity contribution in [2.45, 2.75) is 67.2 Å². The van der Waals surface area contributed by atoms with Crippen LogP contribution in [-0.4, -0.2) is 0 Å². The molecule has 0 aromatic heterocycles. The summed E-state index contributed by atoms with van der Waals surface area (Å²) in [4.78, 5) is 0. The van der Waals surface area contributed by atoms with Gasteiger partial charge in [0.2, 0.25) is 0 Å². The lowest BCUT2D eigenvalue weighted by atomic mass is 9.96. The summed E-state index contributed by atoms with van der Waals surface area (Å²) in [6.07, 6.45) is 5.87. The van der Waals surface area contributed by atoms with E-state index in [0.29, 0.717) is 0 Å². The first-order chi connectivity index (χ1) is 5.84. The summed E-state index contributed by atoms with van der Waals surface area (Å²) in [5.74, 6) is 2.09. The SMILES string of the molecule is CC.CC.CCC1CCCC1C. The predicted molar refractivity (Wildman–Crippen MR) is 59.5 cm³/mol. The van der Waals surface area contributed by atoms with Crippen molar-refractivity contribution in [2.24, 2.45) is 11.8 Å². The van der Waals surface area contributed by atoms with Crippen molar-refractivity contribution in [3.8, 4) is 0 Å². The number of hydrogen-bond donors (Lipinski definition) is 0. The zero-order valence-corrected chi connectivity index (χ0v) is 9.98. The normalized spacial score (nSPS) is 26.5. The first-order valence-corrected chi connectivity index (χ1v) is 5.84. The van der Waals surface area contributed by atoms with E-state index in [1.807, 2.05) is 27.7 Å². The van der Waals surface area contributed by atoms with E-state index >= 15 is 0 Å². The topological polar surface area (TPSA) is 0 Å². The zero-order chi connectivity index (χ0) is 9.98. The van der Waals surface area contributed by atoms with E-state index in [4.69, 9.17) is 0 Å². The molecule has 76 valence electrons. The molecule has 1 aliphatic rings. The minimum Gasteiger partial charge on any atom is -0.0683 e. The molecule has 0 bridgehead atoms. The van der Waals surface area contributed by atoms with Crippen molar-refractivity contribution in [1.82, 2.24) is 0 Å². The highest BCUT2D eigenvalue weighted by Crippen LogP contribution is 2.32. The second kappa shape index (κ2) is 11.0. The van der Waals surface area contributed by atoms with E-state index in [0.717, 1.165) is 11.8 Å². The molecule has 2 atom stereocenters. The Bertz CT molecular complexity index is 66.4. The summed E-state index contributed by atoms with van der Waals surface area (Å²) in [5, 5.41) is 0. The Morgan fingerprint density at radius 2 is 1.50 bits per heavy atom. The van der Waals surface area contributed by atoms with Crippen LogP contribution in [0.5, 0.6) is 0 Å². The highest BCUT2D eigenvalue weighted by Gasteiger charge is 2.20. The summed E-state index contributed by atoms with van der Waals surface area (Å²) in [6, 6.07) is 0. The molecule has 0 heteroatoms. The molecule has 2 unspecified atom stereocenters. The Morgan fingerprint density at radius 3 is 1.67 bits per heavy atom. The molecule has 1 saturated carbocycles. The van der Waals surface area contributed by atoms with E-state index in [9.17, 15) is 0 Å². The van der Waals surface area contributed by atoms with Crippen LogP contribution >= 0.6 is 0 Å². The van der Waals surface area contributed by atoms with Crippen LogP contribution in [0.15, 0.2) is 0 Å². The van der Waals surface area contributed by atoms with Crippen molar-refractivity contribution in [3.05, 3.63) is 0 Å². The predicted octanol–water partition coefficient (Wildman–Crippen LogP) is 4.89. The van der Waals surface area contributed by atoms with Gasteiger partial charge in [0.25, 0.3) is 0 Å². The van der Waals surface area contributed by atoms with E-state index in [1.54, 1.807) is 0 Å². The van der Waals surface area contributed by atoms with Gasteiger partial charge in [0, 0.05) is 0 Å². The largest absolute Gasteiger partial charge is 0.0683 e. The van der Waals surface area contributed by atoms with Gasteiger partial charge in [-0.15, -0.1) is 0 Å². The molecular weight excluding hydrogens is 144 g/mol. The minimum absolute atomic E-state index is 1.03. The average Bonchev–Trinajstić information content (AvgIpc) is 2.58. The molecule has 0 amide bonds. The molecule has 0 N–H and O–H groups in total. The van der Waals surface area contributed by atoms with Crippen LogP contribution in [0, 0.1) is 11.8 Å². The van der Waals surface area contributed by atoms with Gasteiger partial charge in [-0.3, -0.25) is 0 Å². The van der Waals surface area contributed by atoms with Gasteiger partial charge >= 0.3 is 0 Å². The van der Waals surface area contributed by atoms with Crippen molar-refractivity contribution in [3.63, 3.8) is 0 Å². The van der Waals surface area contributed by atoms with Gasteiger partial charge in [-0.2, -0.15) is 0 Å². The minimum atomic E-state index is 1.03. The van der Waals surface area contributed by atoms with Crippen molar-refractivity contribution < 1.29 is 0 Å². The lowest BCUT2D eigenvalue weighted by molar-refractivity contribution is 0.407. The highest BCUT2D eigenvalue weighted by atomic mass is 14.3. The maximum absolute atomic E-state index is 2.39. The second-order valence-corrected chi connectivity index (χ2v) is 3.08. The smallest absolute Gasteiger partial charge is 0.0391 e. The monoisotopic (exact) mass is 172 g/mol. The van der Waals surface area contributed by atoms with E-state index in [2.05, 4.69) is 13.8 Å². The van der Waals surface area contributed by atoms with Crippen LogP contribution in [0.1, 0.15) is 67.2 Å². The van der Waals surface area contributed by atoms with Gasteiger partial charge in [0.05, 0.1) is 0 Å². The van der Waals surface area contributed by atoms with Crippen molar-refractivity contribution >= 4 is 0 Å². The third-order valence-electron chi connectivity index (χ3n) is 2.56. The summed E-state index contributed by atoms with van der Waals surface area (Å²) in [6.45, 7) is 12.7.